The van der Waals surface area contributed by atoms with Gasteiger partial charge in [-0.25, -0.2) is 18.6 Å². The number of ether oxygens (including phenoxy) is 2. The van der Waals surface area contributed by atoms with Crippen LogP contribution in [0.2, 0.25) is 0 Å². The molecule has 3 aliphatic rings. The summed E-state index contributed by atoms with van der Waals surface area (Å²) in [5, 5.41) is 0. The maximum atomic E-state index is 14.6. The van der Waals surface area contributed by atoms with Gasteiger partial charge in [0.05, 0.1) is 18.3 Å². The van der Waals surface area contributed by atoms with E-state index in [1.165, 1.54) is 0 Å². The predicted molar refractivity (Wildman–Crippen MR) is 116 cm³/mol. The van der Waals surface area contributed by atoms with Crippen LogP contribution in [0.3, 0.4) is 0 Å². The Balaban J connectivity index is 1.18. The molecule has 7 nitrogen and oxygen atoms in total. The van der Waals surface area contributed by atoms with Crippen LogP contribution in [0.4, 0.5) is 27.8 Å². The van der Waals surface area contributed by atoms with E-state index in [-0.39, 0.29) is 29.3 Å². The summed E-state index contributed by atoms with van der Waals surface area (Å²) >= 11 is 0. The highest BCUT2D eigenvalue weighted by Crippen LogP contribution is 2.53. The number of pyridine rings is 1. The van der Waals surface area contributed by atoms with Crippen LogP contribution in [0.5, 0.6) is 17.4 Å². The second-order valence-corrected chi connectivity index (χ2v) is 9.30. The zero-order valence-electron chi connectivity index (χ0n) is 18.7. The Morgan fingerprint density at radius 2 is 1.81 bits per heavy atom. The minimum absolute atomic E-state index is 0.0260. The van der Waals surface area contributed by atoms with Crippen LogP contribution in [-0.4, -0.2) is 26.1 Å². The molecule has 3 aromatic rings. The number of anilines is 1. The highest BCUT2D eigenvalue weighted by molar-refractivity contribution is 5.54. The molecule has 2 fully saturated rings. The lowest BCUT2D eigenvalue weighted by Gasteiger charge is -2.27. The van der Waals surface area contributed by atoms with E-state index in [9.17, 15) is 26.7 Å². The molecule has 188 valence electrons. The number of nitrogens with zero attached hydrogens (tertiary/aromatic N) is 4. The van der Waals surface area contributed by atoms with E-state index in [2.05, 4.69) is 14.9 Å². The fourth-order valence-electron chi connectivity index (χ4n) is 5.56. The second-order valence-electron chi connectivity index (χ2n) is 9.30. The summed E-state index contributed by atoms with van der Waals surface area (Å²) in [5.41, 5.74) is -1.50. The monoisotopic (exact) mass is 506 g/mol. The van der Waals surface area contributed by atoms with Gasteiger partial charge in [-0.05, 0) is 55.5 Å². The van der Waals surface area contributed by atoms with Gasteiger partial charge in [0, 0.05) is 12.1 Å². The van der Waals surface area contributed by atoms with Crippen molar-refractivity contribution in [3.8, 4) is 17.4 Å². The lowest BCUT2D eigenvalue weighted by Crippen LogP contribution is -2.38. The number of aromatic nitrogens is 3. The van der Waals surface area contributed by atoms with Gasteiger partial charge in [0.2, 0.25) is 5.88 Å². The lowest BCUT2D eigenvalue weighted by atomic mass is 9.88. The number of hydrogen-bond acceptors (Lipinski definition) is 6. The third kappa shape index (κ3) is 3.66. The number of rotatable bonds is 5. The summed E-state index contributed by atoms with van der Waals surface area (Å²) in [6, 6.07) is 5.60. The van der Waals surface area contributed by atoms with Crippen molar-refractivity contribution in [3.05, 3.63) is 69.9 Å². The van der Waals surface area contributed by atoms with Gasteiger partial charge in [-0.3, -0.25) is 4.57 Å². The van der Waals surface area contributed by atoms with Crippen molar-refractivity contribution < 1.29 is 31.4 Å². The molecule has 0 aliphatic carbocycles. The number of fused-ring (bicyclic) bond motifs is 1. The molecule has 0 unspecified atom stereocenters. The SMILES string of the molecule is O=c1nc(OCc2cc(F)c(Oc3ccc(C(F)(F)F)nc3)c(F)c2)cc2n1CC13CCC(CC1)N23. The van der Waals surface area contributed by atoms with E-state index in [4.69, 9.17) is 9.47 Å². The smallest absolute Gasteiger partial charge is 0.433 e. The molecule has 2 aromatic heterocycles. The van der Waals surface area contributed by atoms with E-state index in [0.29, 0.717) is 18.7 Å². The van der Waals surface area contributed by atoms with Crippen LogP contribution in [0.15, 0.2) is 41.3 Å². The first-order valence-electron chi connectivity index (χ1n) is 11.4. The molecule has 36 heavy (non-hydrogen) atoms. The van der Waals surface area contributed by atoms with E-state index in [0.717, 1.165) is 55.9 Å². The summed E-state index contributed by atoms with van der Waals surface area (Å²) in [6.07, 6.45) is 0.318. The standard InChI is InChI=1S/C24H19F5N4O3/c25-16-7-13(8-17(26)21(16)36-15-1-2-18(30-10-15)24(27,28)29)11-35-19-9-20-32(22(34)31-19)12-23-5-3-14(4-6-23)33(20)23/h1-2,7-10,14H,3-6,11-12H2. The average molecular weight is 506 g/mol. The predicted octanol–water partition coefficient (Wildman–Crippen LogP) is 4.82. The first-order valence-corrected chi connectivity index (χ1v) is 11.4. The molecule has 12 heteroatoms. The lowest BCUT2D eigenvalue weighted by molar-refractivity contribution is -0.141. The quantitative estimate of drug-likeness (QED) is 0.463. The van der Waals surface area contributed by atoms with E-state index in [1.54, 1.807) is 10.6 Å². The normalized spacial score (nSPS) is 22.0. The molecular formula is C24H19F5N4O3. The molecule has 2 saturated heterocycles. The Morgan fingerprint density at radius 1 is 1.08 bits per heavy atom. The minimum atomic E-state index is -4.65. The van der Waals surface area contributed by atoms with Crippen molar-refractivity contribution in [2.24, 2.45) is 0 Å². The Kier molecular flexibility index (Phi) is 4.99. The van der Waals surface area contributed by atoms with Crippen molar-refractivity contribution in [3.63, 3.8) is 0 Å². The van der Waals surface area contributed by atoms with Crippen molar-refractivity contribution in [2.75, 3.05) is 4.90 Å². The van der Waals surface area contributed by atoms with Gasteiger partial charge in [0.1, 0.15) is 23.9 Å². The number of alkyl halides is 3. The number of halogens is 5. The van der Waals surface area contributed by atoms with E-state index >= 15 is 0 Å². The fourth-order valence-corrected chi connectivity index (χ4v) is 5.56. The molecule has 0 N–H and O–H groups in total. The summed E-state index contributed by atoms with van der Waals surface area (Å²) in [5.74, 6) is -2.38. The molecule has 0 spiro atoms. The van der Waals surface area contributed by atoms with E-state index in [1.807, 2.05) is 0 Å². The summed E-state index contributed by atoms with van der Waals surface area (Å²) in [7, 11) is 0. The van der Waals surface area contributed by atoms with Crippen molar-refractivity contribution in [1.29, 1.82) is 0 Å². The van der Waals surface area contributed by atoms with E-state index < -0.39 is 34.9 Å². The van der Waals surface area contributed by atoms with Crippen LogP contribution >= 0.6 is 0 Å². The number of benzene rings is 1. The first kappa shape index (κ1) is 22.7. The molecule has 6 rings (SSSR count). The van der Waals surface area contributed by atoms with Crippen LogP contribution in [0.1, 0.15) is 36.9 Å². The highest BCUT2D eigenvalue weighted by Gasteiger charge is 2.56. The van der Waals surface area contributed by atoms with Gasteiger partial charge in [-0.1, -0.05) is 0 Å². The second kappa shape index (κ2) is 7.90. The van der Waals surface area contributed by atoms with Crippen molar-refractivity contribution >= 4 is 5.82 Å². The minimum Gasteiger partial charge on any atom is -0.473 e. The molecule has 0 saturated carbocycles. The summed E-state index contributed by atoms with van der Waals surface area (Å²) in [4.78, 5) is 22.1. The van der Waals surface area contributed by atoms with Crippen molar-refractivity contribution in [2.45, 2.75) is 56.6 Å². The largest absolute Gasteiger partial charge is 0.473 e. The third-order valence-electron chi connectivity index (χ3n) is 7.12. The van der Waals surface area contributed by atoms with Gasteiger partial charge < -0.3 is 14.4 Å². The van der Waals surface area contributed by atoms with Gasteiger partial charge in [-0.2, -0.15) is 18.2 Å². The number of hydrogen-bond donors (Lipinski definition) is 0. The Labute approximate surface area is 201 Å². The molecular weight excluding hydrogens is 487 g/mol. The summed E-state index contributed by atoms with van der Waals surface area (Å²) in [6.45, 7) is 0.345. The fraction of sp³-hybridized carbons (Fsp3) is 0.375. The van der Waals surface area contributed by atoms with Crippen LogP contribution in [0.25, 0.3) is 0 Å². The Bertz CT molecular complexity index is 1380. The zero-order valence-corrected chi connectivity index (χ0v) is 18.7. The van der Waals surface area contributed by atoms with Crippen molar-refractivity contribution in [1.82, 2.24) is 14.5 Å². The highest BCUT2D eigenvalue weighted by atomic mass is 19.4. The molecule has 0 amide bonds. The van der Waals surface area contributed by atoms with Gasteiger partial charge in [-0.15, -0.1) is 0 Å². The first-order chi connectivity index (χ1) is 17.1. The third-order valence-corrected chi connectivity index (χ3v) is 7.12. The molecule has 3 aliphatic heterocycles. The average Bonchev–Trinajstić information content (AvgIpc) is 3.46. The zero-order chi connectivity index (χ0) is 25.2. The maximum Gasteiger partial charge on any atom is 0.433 e. The maximum absolute atomic E-state index is 14.6. The molecule has 5 heterocycles. The van der Waals surface area contributed by atoms with Gasteiger partial charge >= 0.3 is 11.9 Å². The van der Waals surface area contributed by atoms with Crippen LogP contribution < -0.4 is 20.1 Å². The Hall–Kier alpha value is -3.70. The molecule has 2 bridgehead atoms. The van der Waals surface area contributed by atoms with Gasteiger partial charge in [0.15, 0.2) is 17.4 Å². The van der Waals surface area contributed by atoms with Crippen LogP contribution in [-0.2, 0) is 19.3 Å². The molecule has 0 atom stereocenters. The molecule has 0 radical (unpaired) electrons. The summed E-state index contributed by atoms with van der Waals surface area (Å²) < 4.78 is 79.4. The van der Waals surface area contributed by atoms with Crippen LogP contribution in [0, 0.1) is 11.6 Å². The topological polar surface area (TPSA) is 69.5 Å². The van der Waals surface area contributed by atoms with Gasteiger partial charge in [0.25, 0.3) is 0 Å². The molecule has 1 aromatic carbocycles. The Morgan fingerprint density at radius 3 is 2.44 bits per heavy atom.